The molecule has 0 N–H and O–H groups in total. The van der Waals surface area contributed by atoms with Crippen LogP contribution < -0.4 is 0 Å². The number of hydrogen-bond acceptors (Lipinski definition) is 4. The van der Waals surface area contributed by atoms with Crippen molar-refractivity contribution in [1.29, 1.82) is 0 Å². The van der Waals surface area contributed by atoms with Gasteiger partial charge >= 0.3 is 11.9 Å². The normalized spacial score (nSPS) is 11.3. The fourth-order valence-corrected chi connectivity index (χ4v) is 4.07. The molecule has 0 aromatic carbocycles. The van der Waals surface area contributed by atoms with Crippen LogP contribution in [0.1, 0.15) is 130 Å². The molecule has 0 spiro atoms. The lowest BCUT2D eigenvalue weighted by Crippen LogP contribution is -2.14. The van der Waals surface area contributed by atoms with Crippen LogP contribution >= 0.6 is 0 Å². The molecule has 30 heavy (non-hydrogen) atoms. The average Bonchev–Trinajstić information content (AvgIpc) is 2.72. The predicted octanol–water partition coefficient (Wildman–Crippen LogP) is 7.63. The van der Waals surface area contributed by atoms with Crippen molar-refractivity contribution in [2.24, 2.45) is 11.8 Å². The molecule has 0 saturated carbocycles. The number of unbranched alkanes of at least 4 members (excludes halogenated alkanes) is 5. The first-order valence-electron chi connectivity index (χ1n) is 12.9. The highest BCUT2D eigenvalue weighted by Crippen LogP contribution is 2.16. The zero-order valence-electron chi connectivity index (χ0n) is 20.5. The van der Waals surface area contributed by atoms with Crippen LogP contribution in [0.4, 0.5) is 0 Å². The minimum Gasteiger partial charge on any atom is -0.465 e. The van der Waals surface area contributed by atoms with Gasteiger partial charge in [0.15, 0.2) is 0 Å². The Kier molecular flexibility index (Phi) is 20.4. The number of ether oxygens (including phenoxy) is 2. The van der Waals surface area contributed by atoms with E-state index in [1.54, 1.807) is 0 Å². The van der Waals surface area contributed by atoms with Gasteiger partial charge in [-0.3, -0.25) is 9.59 Å². The molecule has 178 valence electrons. The molecule has 0 heterocycles. The van der Waals surface area contributed by atoms with Gasteiger partial charge in [0.25, 0.3) is 0 Å². The van der Waals surface area contributed by atoms with Gasteiger partial charge in [-0.25, -0.2) is 0 Å². The molecule has 0 fully saturated rings. The predicted molar refractivity (Wildman–Crippen MR) is 125 cm³/mol. The van der Waals surface area contributed by atoms with Crippen LogP contribution in [0.15, 0.2) is 0 Å². The topological polar surface area (TPSA) is 52.6 Å². The van der Waals surface area contributed by atoms with Gasteiger partial charge < -0.3 is 9.47 Å². The third-order valence-corrected chi connectivity index (χ3v) is 5.76. The van der Waals surface area contributed by atoms with Gasteiger partial charge in [-0.2, -0.15) is 0 Å². The molecule has 0 bridgehead atoms. The molecule has 0 rings (SSSR count). The number of esters is 2. The van der Waals surface area contributed by atoms with Crippen LogP contribution in [-0.4, -0.2) is 25.2 Å². The van der Waals surface area contributed by atoms with Gasteiger partial charge in [-0.05, 0) is 50.4 Å². The smallest absolute Gasteiger partial charge is 0.305 e. The second-order valence-corrected chi connectivity index (χ2v) is 8.87. The van der Waals surface area contributed by atoms with Crippen molar-refractivity contribution in [3.63, 3.8) is 0 Å². The van der Waals surface area contributed by atoms with E-state index in [4.69, 9.17) is 9.47 Å². The quantitative estimate of drug-likeness (QED) is 0.140. The number of rotatable bonds is 21. The van der Waals surface area contributed by atoms with Gasteiger partial charge in [0.2, 0.25) is 0 Å². The van der Waals surface area contributed by atoms with Gasteiger partial charge in [-0.15, -0.1) is 0 Å². The van der Waals surface area contributed by atoms with E-state index < -0.39 is 0 Å². The first kappa shape index (κ1) is 28.9. The van der Waals surface area contributed by atoms with Crippen molar-refractivity contribution >= 4 is 11.9 Å². The second kappa shape index (κ2) is 21.2. The van der Waals surface area contributed by atoms with E-state index in [1.807, 2.05) is 0 Å². The molecular formula is C26H50O4. The zero-order valence-corrected chi connectivity index (χ0v) is 20.5. The second-order valence-electron chi connectivity index (χ2n) is 8.87. The third-order valence-electron chi connectivity index (χ3n) is 5.76. The molecule has 0 aromatic heterocycles. The van der Waals surface area contributed by atoms with Gasteiger partial charge in [0.05, 0.1) is 13.2 Å². The summed E-state index contributed by atoms with van der Waals surface area (Å²) >= 11 is 0. The van der Waals surface area contributed by atoms with E-state index in [2.05, 4.69) is 27.7 Å². The molecule has 0 unspecified atom stereocenters. The van der Waals surface area contributed by atoms with Crippen molar-refractivity contribution < 1.29 is 19.1 Å². The first-order valence-corrected chi connectivity index (χ1v) is 12.9. The molecule has 0 atom stereocenters. The Bertz CT molecular complexity index is 358. The average molecular weight is 427 g/mol. The van der Waals surface area contributed by atoms with Crippen molar-refractivity contribution in [3.8, 4) is 0 Å². The summed E-state index contributed by atoms with van der Waals surface area (Å²) in [5.74, 6) is 0.971. The molecule has 0 saturated heterocycles. The van der Waals surface area contributed by atoms with E-state index in [-0.39, 0.29) is 11.9 Å². The van der Waals surface area contributed by atoms with E-state index in [1.165, 1.54) is 0 Å². The molecule has 4 heteroatoms. The van der Waals surface area contributed by atoms with Gasteiger partial charge in [0.1, 0.15) is 0 Å². The summed E-state index contributed by atoms with van der Waals surface area (Å²) in [6.07, 6.45) is 16.4. The van der Waals surface area contributed by atoms with Gasteiger partial charge in [-0.1, -0.05) is 79.1 Å². The summed E-state index contributed by atoms with van der Waals surface area (Å²) in [4.78, 5) is 23.8. The minimum atomic E-state index is -0.0422. The molecule has 4 nitrogen and oxygen atoms in total. The number of hydrogen-bond donors (Lipinski definition) is 0. The molecule has 0 amide bonds. The lowest BCUT2D eigenvalue weighted by atomic mass is 9.99. The van der Waals surface area contributed by atoms with E-state index >= 15 is 0 Å². The molecule has 0 aliphatic rings. The standard InChI is InChI=1S/C26H50O4/c1-5-15-23(16-6-2)21-29-25(27)19-13-11-9-10-12-14-20-26(28)30-22-24(17-7-3)18-8-4/h23-24H,5-22H2,1-4H3. The van der Waals surface area contributed by atoms with Crippen LogP contribution in [0.25, 0.3) is 0 Å². The Morgan fingerprint density at radius 1 is 0.533 bits per heavy atom. The van der Waals surface area contributed by atoms with E-state index in [9.17, 15) is 9.59 Å². The highest BCUT2D eigenvalue weighted by atomic mass is 16.5. The Labute approximate surface area is 186 Å². The van der Waals surface area contributed by atoms with Crippen LogP contribution in [0.2, 0.25) is 0 Å². The Hall–Kier alpha value is -1.06. The van der Waals surface area contributed by atoms with Crippen molar-refractivity contribution in [1.82, 2.24) is 0 Å². The highest BCUT2D eigenvalue weighted by molar-refractivity contribution is 5.69. The summed E-state index contributed by atoms with van der Waals surface area (Å²) in [5.41, 5.74) is 0. The Morgan fingerprint density at radius 3 is 1.13 bits per heavy atom. The lowest BCUT2D eigenvalue weighted by Gasteiger charge is -2.15. The van der Waals surface area contributed by atoms with Gasteiger partial charge in [0, 0.05) is 12.8 Å². The molecule has 0 radical (unpaired) electrons. The maximum atomic E-state index is 11.9. The van der Waals surface area contributed by atoms with Crippen molar-refractivity contribution in [3.05, 3.63) is 0 Å². The van der Waals surface area contributed by atoms with E-state index in [0.717, 1.165) is 89.9 Å². The summed E-state index contributed by atoms with van der Waals surface area (Å²) in [6.45, 7) is 9.92. The molecular weight excluding hydrogens is 376 g/mol. The minimum absolute atomic E-state index is 0.0422. The fraction of sp³-hybridized carbons (Fsp3) is 0.923. The monoisotopic (exact) mass is 426 g/mol. The van der Waals surface area contributed by atoms with Crippen molar-refractivity contribution in [2.75, 3.05) is 13.2 Å². The third kappa shape index (κ3) is 17.8. The SMILES string of the molecule is CCCC(CCC)COC(=O)CCCCCCCCC(=O)OCC(CCC)CCC. The summed E-state index contributed by atoms with van der Waals surface area (Å²) in [5, 5.41) is 0. The van der Waals surface area contributed by atoms with E-state index in [0.29, 0.717) is 37.9 Å². The highest BCUT2D eigenvalue weighted by Gasteiger charge is 2.11. The fourth-order valence-electron chi connectivity index (χ4n) is 4.07. The number of carbonyl (C=O) groups is 2. The summed E-state index contributed by atoms with van der Waals surface area (Å²) in [6, 6.07) is 0. The van der Waals surface area contributed by atoms with Crippen molar-refractivity contribution in [2.45, 2.75) is 130 Å². The van der Waals surface area contributed by atoms with Crippen LogP contribution in [0.5, 0.6) is 0 Å². The first-order chi connectivity index (χ1) is 14.6. The largest absolute Gasteiger partial charge is 0.465 e. The van der Waals surface area contributed by atoms with Crippen LogP contribution in [-0.2, 0) is 19.1 Å². The lowest BCUT2D eigenvalue weighted by molar-refractivity contribution is -0.146. The summed E-state index contributed by atoms with van der Waals surface area (Å²) in [7, 11) is 0. The Balaban J connectivity index is 3.60. The Morgan fingerprint density at radius 2 is 0.833 bits per heavy atom. The molecule has 0 aliphatic carbocycles. The zero-order chi connectivity index (χ0) is 22.5. The summed E-state index contributed by atoms with van der Waals surface area (Å²) < 4.78 is 10.9. The maximum Gasteiger partial charge on any atom is 0.305 e. The van der Waals surface area contributed by atoms with Crippen LogP contribution in [0.3, 0.4) is 0 Å². The molecule has 0 aromatic rings. The maximum absolute atomic E-state index is 11.9. The molecule has 0 aliphatic heterocycles. The number of carbonyl (C=O) groups excluding carboxylic acids is 2. The van der Waals surface area contributed by atoms with Crippen LogP contribution in [0, 0.1) is 11.8 Å².